The molecule has 76 valence electrons. The van der Waals surface area contributed by atoms with Gasteiger partial charge < -0.3 is 0 Å². The van der Waals surface area contributed by atoms with E-state index >= 15 is 0 Å². The van der Waals surface area contributed by atoms with Gasteiger partial charge in [-0.2, -0.15) is 0 Å². The van der Waals surface area contributed by atoms with Gasteiger partial charge in [0.25, 0.3) is 0 Å². The lowest BCUT2D eigenvalue weighted by molar-refractivity contribution is 0.377. The smallest absolute Gasteiger partial charge is 0.200 e. The number of halogens is 6. The second-order valence-corrected chi connectivity index (χ2v) is 2.53. The van der Waals surface area contributed by atoms with Gasteiger partial charge in [0.2, 0.25) is 5.82 Å². The molecular weight excluding hydrogens is 227 g/mol. The van der Waals surface area contributed by atoms with E-state index in [1.807, 2.05) is 0 Å². The van der Waals surface area contributed by atoms with Crippen molar-refractivity contribution >= 4 is 17.7 Å². The van der Waals surface area contributed by atoms with E-state index in [2.05, 4.69) is 0 Å². The zero-order chi connectivity index (χ0) is 10.9. The van der Waals surface area contributed by atoms with Crippen LogP contribution in [0.5, 0.6) is 0 Å². The molecule has 0 spiro atoms. The van der Waals surface area contributed by atoms with Gasteiger partial charge in [0.05, 0.1) is 5.56 Å². The Balaban J connectivity index is 3.59. The number of hydrogen-bond acceptors (Lipinski definition) is 0. The molecule has 0 fully saturated rings. The van der Waals surface area contributed by atoms with Crippen LogP contribution in [0.15, 0.2) is 5.54 Å². The highest BCUT2D eigenvalue weighted by molar-refractivity contribution is 6.27. The van der Waals surface area contributed by atoms with Crippen LogP contribution in [0.2, 0.25) is 0 Å². The minimum absolute atomic E-state index is 0.581. The molecule has 0 saturated heterocycles. The third-order valence-corrected chi connectivity index (χ3v) is 1.60. The number of hydrogen-bond donors (Lipinski definition) is 0. The highest BCUT2D eigenvalue weighted by atomic mass is 35.5. The zero-order valence-corrected chi connectivity index (χ0v) is 7.18. The van der Waals surface area contributed by atoms with Crippen LogP contribution in [-0.4, -0.2) is 0 Å². The molecule has 6 heteroatoms. The van der Waals surface area contributed by atoms with Gasteiger partial charge in [-0.1, -0.05) is 11.6 Å². The van der Waals surface area contributed by atoms with Crippen LogP contribution >= 0.6 is 11.6 Å². The SMILES string of the molecule is Fc1c(F)c(F)c(/C=C/Cl)c(F)c1F. The Morgan fingerprint density at radius 2 is 1.07 bits per heavy atom. The molecule has 0 nitrogen and oxygen atoms in total. The van der Waals surface area contributed by atoms with E-state index in [1.54, 1.807) is 0 Å². The molecule has 0 unspecified atom stereocenters. The van der Waals surface area contributed by atoms with E-state index in [4.69, 9.17) is 11.6 Å². The van der Waals surface area contributed by atoms with Crippen LogP contribution in [-0.2, 0) is 0 Å². The quantitative estimate of drug-likeness (QED) is 0.391. The van der Waals surface area contributed by atoms with E-state index < -0.39 is 34.6 Å². The average molecular weight is 229 g/mol. The Kier molecular flexibility index (Phi) is 3.10. The first-order chi connectivity index (χ1) is 6.50. The maximum absolute atomic E-state index is 12.8. The summed E-state index contributed by atoms with van der Waals surface area (Å²) in [5, 5.41) is 0. The van der Waals surface area contributed by atoms with Gasteiger partial charge in [0.15, 0.2) is 23.3 Å². The lowest BCUT2D eigenvalue weighted by Crippen LogP contribution is -2.03. The van der Waals surface area contributed by atoms with Gasteiger partial charge in [0, 0.05) is 5.54 Å². The first-order valence-electron chi connectivity index (χ1n) is 3.29. The molecule has 0 amide bonds. The molecule has 0 aliphatic rings. The summed E-state index contributed by atoms with van der Waals surface area (Å²) in [5.41, 5.74) is -0.408. The van der Waals surface area contributed by atoms with Crippen molar-refractivity contribution in [2.75, 3.05) is 0 Å². The molecule has 0 atom stereocenters. The maximum Gasteiger partial charge on any atom is 0.200 e. The van der Waals surface area contributed by atoms with Crippen molar-refractivity contribution < 1.29 is 22.0 Å². The first-order valence-corrected chi connectivity index (χ1v) is 3.72. The van der Waals surface area contributed by atoms with Crippen molar-refractivity contribution in [2.45, 2.75) is 0 Å². The summed E-state index contributed by atoms with van der Waals surface area (Å²) in [7, 11) is 0. The Bertz CT molecular complexity index is 370. The minimum atomic E-state index is -2.19. The predicted octanol–water partition coefficient (Wildman–Crippen LogP) is 3.59. The normalized spacial score (nSPS) is 11.3. The Morgan fingerprint density at radius 3 is 1.43 bits per heavy atom. The lowest BCUT2D eigenvalue weighted by Gasteiger charge is -2.03. The molecule has 14 heavy (non-hydrogen) atoms. The van der Waals surface area contributed by atoms with Crippen LogP contribution in [0.3, 0.4) is 0 Å². The van der Waals surface area contributed by atoms with E-state index in [0.29, 0.717) is 11.6 Å². The average Bonchev–Trinajstić information content (AvgIpc) is 2.19. The van der Waals surface area contributed by atoms with Gasteiger partial charge in [0.1, 0.15) is 0 Å². The monoisotopic (exact) mass is 228 g/mol. The molecule has 0 aliphatic carbocycles. The molecule has 0 saturated carbocycles. The van der Waals surface area contributed by atoms with Crippen LogP contribution in [0.25, 0.3) is 6.08 Å². The van der Waals surface area contributed by atoms with Crippen LogP contribution in [0.4, 0.5) is 22.0 Å². The fourth-order valence-electron chi connectivity index (χ4n) is 0.831. The summed E-state index contributed by atoms with van der Waals surface area (Å²) >= 11 is 4.97. The van der Waals surface area contributed by atoms with Crippen molar-refractivity contribution in [3.05, 3.63) is 40.2 Å². The van der Waals surface area contributed by atoms with E-state index in [0.717, 1.165) is 0 Å². The highest BCUT2D eigenvalue weighted by Gasteiger charge is 2.23. The van der Waals surface area contributed by atoms with E-state index in [9.17, 15) is 22.0 Å². The van der Waals surface area contributed by atoms with Crippen LogP contribution < -0.4 is 0 Å². The molecule has 1 rings (SSSR count). The first kappa shape index (κ1) is 11.0. The molecule has 0 radical (unpaired) electrons. The Morgan fingerprint density at radius 1 is 0.714 bits per heavy atom. The summed E-state index contributed by atoms with van der Waals surface area (Å²) in [6, 6.07) is 0. The third kappa shape index (κ3) is 1.59. The molecule has 0 bridgehead atoms. The fourth-order valence-corrected chi connectivity index (χ4v) is 0.957. The standard InChI is InChI=1S/C8H2ClF5/c9-2-1-3-4(10)6(12)8(14)7(13)5(3)11/h1-2H/b2-1+. The molecule has 1 aromatic carbocycles. The largest absolute Gasteiger partial charge is 0.203 e. The Labute approximate surface area is 80.6 Å². The minimum Gasteiger partial charge on any atom is -0.203 e. The van der Waals surface area contributed by atoms with Crippen molar-refractivity contribution in [3.8, 4) is 0 Å². The van der Waals surface area contributed by atoms with Crippen LogP contribution in [0, 0.1) is 29.1 Å². The predicted molar refractivity (Wildman–Crippen MR) is 41.1 cm³/mol. The molecule has 0 aromatic heterocycles. The molecule has 0 heterocycles. The van der Waals surface area contributed by atoms with Gasteiger partial charge in [-0.15, -0.1) is 0 Å². The maximum atomic E-state index is 12.8. The van der Waals surface area contributed by atoms with Crippen molar-refractivity contribution in [1.82, 2.24) is 0 Å². The van der Waals surface area contributed by atoms with E-state index in [1.165, 1.54) is 0 Å². The van der Waals surface area contributed by atoms with Gasteiger partial charge >= 0.3 is 0 Å². The molecule has 0 N–H and O–H groups in total. The summed E-state index contributed by atoms with van der Waals surface area (Å²) < 4.78 is 62.9. The summed E-state index contributed by atoms with van der Waals surface area (Å²) in [5.74, 6) is -9.98. The second-order valence-electron chi connectivity index (χ2n) is 2.28. The molecular formula is C8H2ClF5. The topological polar surface area (TPSA) is 0 Å². The number of benzene rings is 1. The van der Waals surface area contributed by atoms with Crippen molar-refractivity contribution in [1.29, 1.82) is 0 Å². The second kappa shape index (κ2) is 3.96. The third-order valence-electron chi connectivity index (χ3n) is 1.47. The highest BCUT2D eigenvalue weighted by Crippen LogP contribution is 2.23. The van der Waals surface area contributed by atoms with Crippen molar-refractivity contribution in [2.24, 2.45) is 0 Å². The number of rotatable bonds is 1. The van der Waals surface area contributed by atoms with Gasteiger partial charge in [-0.25, -0.2) is 22.0 Å². The van der Waals surface area contributed by atoms with Gasteiger partial charge in [-0.3, -0.25) is 0 Å². The van der Waals surface area contributed by atoms with Crippen molar-refractivity contribution in [3.63, 3.8) is 0 Å². The fraction of sp³-hybridized carbons (Fsp3) is 0. The molecule has 0 aliphatic heterocycles. The van der Waals surface area contributed by atoms with E-state index in [-0.39, 0.29) is 0 Å². The Hall–Kier alpha value is -1.10. The molecule has 1 aromatic rings. The lowest BCUT2D eigenvalue weighted by atomic mass is 10.1. The summed E-state index contributed by atoms with van der Waals surface area (Å²) in [6.07, 6.45) is 0.581. The van der Waals surface area contributed by atoms with Crippen LogP contribution in [0.1, 0.15) is 5.56 Å². The van der Waals surface area contributed by atoms with Gasteiger partial charge in [-0.05, 0) is 6.08 Å². The summed E-state index contributed by atoms with van der Waals surface area (Å²) in [4.78, 5) is 0. The zero-order valence-electron chi connectivity index (χ0n) is 6.42. The summed E-state index contributed by atoms with van der Waals surface area (Å²) in [6.45, 7) is 0.